The lowest BCUT2D eigenvalue weighted by Gasteiger charge is -2.60. The van der Waals surface area contributed by atoms with Crippen LogP contribution in [-0.4, -0.2) is 23.6 Å². The quantitative estimate of drug-likeness (QED) is 0.695. The molecule has 8 fully saturated rings. The molecule has 8 aliphatic carbocycles. The molecule has 3 unspecified atom stereocenters. The normalized spacial score (nSPS) is 54.2. The monoisotopic (exact) mass is 372 g/mol. The summed E-state index contributed by atoms with van der Waals surface area (Å²) in [6, 6.07) is 0. The second-order valence-corrected chi connectivity index (χ2v) is 11.3. The maximum absolute atomic E-state index is 13.8. The fraction of sp³-hybridized carbons (Fsp3) is 0.913. The highest BCUT2D eigenvalue weighted by atomic mass is 16.6. The molecule has 0 saturated heterocycles. The molecule has 148 valence electrons. The van der Waals surface area contributed by atoms with Gasteiger partial charge in [0.2, 0.25) is 0 Å². The van der Waals surface area contributed by atoms with E-state index in [1.54, 1.807) is 0 Å². The molecule has 8 bridgehead atoms. The van der Waals surface area contributed by atoms with Crippen LogP contribution < -0.4 is 0 Å². The fourth-order valence-electron chi connectivity index (χ4n) is 9.12. The molecule has 0 aromatic carbocycles. The summed E-state index contributed by atoms with van der Waals surface area (Å²) in [6.45, 7) is 1.49. The standard InChI is InChI=1S/C23H32O4/c1-13(24)26-20-19-6-17-5-18(7-19)12-23(20,11-17)21(25)27-22-8-14-2-15(9-22)4-16(3-14)10-22/h14-20H,2-12H2,1H3. The third-order valence-electron chi connectivity index (χ3n) is 9.21. The number of rotatable bonds is 3. The van der Waals surface area contributed by atoms with Crippen molar-refractivity contribution in [3.63, 3.8) is 0 Å². The van der Waals surface area contributed by atoms with E-state index in [1.807, 2.05) is 0 Å². The lowest BCUT2D eigenvalue weighted by Crippen LogP contribution is -2.63. The topological polar surface area (TPSA) is 52.6 Å². The summed E-state index contributed by atoms with van der Waals surface area (Å²) < 4.78 is 12.3. The summed E-state index contributed by atoms with van der Waals surface area (Å²) in [6.07, 6.45) is 12.3. The Bertz CT molecular complexity index is 633. The Hall–Kier alpha value is -1.06. The Morgan fingerprint density at radius 1 is 0.741 bits per heavy atom. The van der Waals surface area contributed by atoms with Crippen molar-refractivity contribution in [1.29, 1.82) is 0 Å². The van der Waals surface area contributed by atoms with Crippen molar-refractivity contribution >= 4 is 11.9 Å². The van der Waals surface area contributed by atoms with Gasteiger partial charge in [-0.3, -0.25) is 9.59 Å². The zero-order valence-electron chi connectivity index (χ0n) is 16.5. The van der Waals surface area contributed by atoms with E-state index in [0.29, 0.717) is 17.8 Å². The number of hydrogen-bond donors (Lipinski definition) is 0. The molecule has 4 heteroatoms. The second-order valence-electron chi connectivity index (χ2n) is 11.3. The van der Waals surface area contributed by atoms with Crippen LogP contribution in [0.5, 0.6) is 0 Å². The van der Waals surface area contributed by atoms with Crippen LogP contribution in [0, 0.1) is 40.9 Å². The first-order valence-corrected chi connectivity index (χ1v) is 11.3. The summed E-state index contributed by atoms with van der Waals surface area (Å²) >= 11 is 0. The van der Waals surface area contributed by atoms with Crippen molar-refractivity contribution in [2.45, 2.75) is 89.3 Å². The largest absolute Gasteiger partial charge is 0.461 e. The summed E-state index contributed by atoms with van der Waals surface area (Å²) in [5.41, 5.74) is -0.750. The Kier molecular flexibility index (Phi) is 3.44. The molecule has 27 heavy (non-hydrogen) atoms. The maximum atomic E-state index is 13.8. The molecule has 0 aromatic heterocycles. The van der Waals surface area contributed by atoms with Crippen LogP contribution in [0.2, 0.25) is 0 Å². The van der Waals surface area contributed by atoms with Crippen molar-refractivity contribution in [2.75, 3.05) is 0 Å². The molecular weight excluding hydrogens is 340 g/mol. The first-order chi connectivity index (χ1) is 12.9. The number of esters is 2. The van der Waals surface area contributed by atoms with E-state index >= 15 is 0 Å². The predicted molar refractivity (Wildman–Crippen MR) is 98.5 cm³/mol. The van der Waals surface area contributed by atoms with Crippen LogP contribution in [0.1, 0.15) is 77.6 Å². The van der Waals surface area contributed by atoms with E-state index < -0.39 is 5.41 Å². The Morgan fingerprint density at radius 2 is 1.22 bits per heavy atom. The lowest BCUT2D eigenvalue weighted by atomic mass is 9.48. The fourth-order valence-corrected chi connectivity index (χ4v) is 9.12. The van der Waals surface area contributed by atoms with Gasteiger partial charge in [-0.1, -0.05) is 0 Å². The van der Waals surface area contributed by atoms with E-state index in [2.05, 4.69) is 0 Å². The molecule has 8 saturated carbocycles. The van der Waals surface area contributed by atoms with E-state index in [1.165, 1.54) is 32.6 Å². The minimum Gasteiger partial charge on any atom is -0.461 e. The summed E-state index contributed by atoms with van der Waals surface area (Å²) in [4.78, 5) is 25.6. The molecule has 8 aliphatic rings. The van der Waals surface area contributed by atoms with Gasteiger partial charge in [-0.15, -0.1) is 0 Å². The van der Waals surface area contributed by atoms with Crippen molar-refractivity contribution in [1.82, 2.24) is 0 Å². The summed E-state index contributed by atoms with van der Waals surface area (Å²) in [5, 5.41) is 0. The zero-order chi connectivity index (χ0) is 18.4. The Morgan fingerprint density at radius 3 is 1.70 bits per heavy atom. The van der Waals surface area contributed by atoms with Crippen molar-refractivity contribution < 1.29 is 19.1 Å². The third-order valence-corrected chi connectivity index (χ3v) is 9.21. The highest BCUT2D eigenvalue weighted by Gasteiger charge is 2.64. The molecule has 0 amide bonds. The minimum absolute atomic E-state index is 0.00481. The van der Waals surface area contributed by atoms with Gasteiger partial charge in [0.1, 0.15) is 17.1 Å². The molecule has 0 spiro atoms. The molecule has 8 rings (SSSR count). The maximum Gasteiger partial charge on any atom is 0.316 e. The molecule has 0 N–H and O–H groups in total. The highest BCUT2D eigenvalue weighted by molar-refractivity contribution is 5.80. The molecule has 0 heterocycles. The molecule has 0 aromatic rings. The summed E-state index contributed by atoms with van der Waals surface area (Å²) in [7, 11) is 0. The smallest absolute Gasteiger partial charge is 0.316 e. The third kappa shape index (κ3) is 2.47. The van der Waals surface area contributed by atoms with E-state index in [4.69, 9.17) is 9.47 Å². The molecular formula is C23H32O4. The van der Waals surface area contributed by atoms with Crippen LogP contribution in [0.3, 0.4) is 0 Å². The van der Waals surface area contributed by atoms with Crippen molar-refractivity contribution in [3.8, 4) is 0 Å². The van der Waals surface area contributed by atoms with Gasteiger partial charge in [0, 0.05) is 6.92 Å². The first-order valence-electron chi connectivity index (χ1n) is 11.3. The number of carbonyl (C=O) groups is 2. The average molecular weight is 373 g/mol. The van der Waals surface area contributed by atoms with Crippen LogP contribution in [0.15, 0.2) is 0 Å². The number of hydrogen-bond acceptors (Lipinski definition) is 4. The van der Waals surface area contributed by atoms with Gasteiger partial charge in [0.15, 0.2) is 0 Å². The Labute approximate surface area is 161 Å². The predicted octanol–water partition coefficient (Wildman–Crippen LogP) is 4.26. The van der Waals surface area contributed by atoms with E-state index in [-0.39, 0.29) is 23.6 Å². The van der Waals surface area contributed by atoms with Gasteiger partial charge in [-0.05, 0) is 106 Å². The SMILES string of the molecule is CC(=O)OC1C2CC3CC(C2)CC1(C(=O)OC12CC4CC(CC(C4)C1)C2)C3. The first kappa shape index (κ1) is 16.9. The van der Waals surface area contributed by atoms with Gasteiger partial charge >= 0.3 is 11.9 Å². The van der Waals surface area contributed by atoms with E-state index in [0.717, 1.165) is 62.7 Å². The van der Waals surface area contributed by atoms with Crippen LogP contribution in [0.4, 0.5) is 0 Å². The second kappa shape index (κ2) is 5.51. The van der Waals surface area contributed by atoms with Crippen LogP contribution >= 0.6 is 0 Å². The minimum atomic E-state index is -0.552. The van der Waals surface area contributed by atoms with Crippen molar-refractivity contribution in [2.24, 2.45) is 40.9 Å². The summed E-state index contributed by atoms with van der Waals surface area (Å²) in [5.74, 6) is 3.67. The highest BCUT2D eigenvalue weighted by Crippen LogP contribution is 2.63. The lowest BCUT2D eigenvalue weighted by molar-refractivity contribution is -0.230. The van der Waals surface area contributed by atoms with Gasteiger partial charge < -0.3 is 9.47 Å². The average Bonchev–Trinajstić information content (AvgIpc) is 2.55. The Balaban J connectivity index is 1.30. The number of ether oxygens (including phenoxy) is 2. The van der Waals surface area contributed by atoms with E-state index in [9.17, 15) is 9.59 Å². The molecule has 4 nitrogen and oxygen atoms in total. The van der Waals surface area contributed by atoms with Gasteiger partial charge in [-0.2, -0.15) is 0 Å². The van der Waals surface area contributed by atoms with Crippen LogP contribution in [-0.2, 0) is 19.1 Å². The molecule has 0 radical (unpaired) electrons. The van der Waals surface area contributed by atoms with Gasteiger partial charge in [0.05, 0.1) is 0 Å². The van der Waals surface area contributed by atoms with Gasteiger partial charge in [-0.25, -0.2) is 0 Å². The number of carbonyl (C=O) groups excluding carboxylic acids is 2. The van der Waals surface area contributed by atoms with Crippen molar-refractivity contribution in [3.05, 3.63) is 0 Å². The zero-order valence-corrected chi connectivity index (χ0v) is 16.5. The molecule has 0 aliphatic heterocycles. The van der Waals surface area contributed by atoms with Gasteiger partial charge in [0.25, 0.3) is 0 Å². The van der Waals surface area contributed by atoms with Crippen LogP contribution in [0.25, 0.3) is 0 Å². The molecule has 3 atom stereocenters.